The Bertz CT molecular complexity index is 414. The van der Waals surface area contributed by atoms with Gasteiger partial charge < -0.3 is 0 Å². The maximum atomic E-state index is 11.9. The third kappa shape index (κ3) is 1.85. The molecular formula is C9H10BrNO2S. The van der Waals surface area contributed by atoms with E-state index >= 15 is 0 Å². The predicted molar refractivity (Wildman–Crippen MR) is 57.4 cm³/mol. The summed E-state index contributed by atoms with van der Waals surface area (Å²) in [5.74, 6) is 0. The zero-order valence-corrected chi connectivity index (χ0v) is 9.83. The average Bonchev–Trinajstić information content (AvgIpc) is 3.01. The highest BCUT2D eigenvalue weighted by atomic mass is 79.9. The Morgan fingerprint density at radius 2 is 1.79 bits per heavy atom. The first-order chi connectivity index (χ1) is 6.62. The fourth-order valence-electron chi connectivity index (χ4n) is 1.17. The van der Waals surface area contributed by atoms with Gasteiger partial charge in [0.25, 0.3) is 10.0 Å². The van der Waals surface area contributed by atoms with Crippen LogP contribution in [0.3, 0.4) is 0 Å². The molecular weight excluding hydrogens is 266 g/mol. The lowest BCUT2D eigenvalue weighted by atomic mass is 10.4. The molecule has 1 aromatic carbocycles. The van der Waals surface area contributed by atoms with E-state index in [1.165, 1.54) is 3.33 Å². The van der Waals surface area contributed by atoms with Crippen LogP contribution in [0.25, 0.3) is 0 Å². The van der Waals surface area contributed by atoms with E-state index in [0.717, 1.165) is 12.8 Å². The highest BCUT2D eigenvalue weighted by Crippen LogP contribution is 2.34. The predicted octanol–water partition coefficient (Wildman–Crippen LogP) is 2.15. The van der Waals surface area contributed by atoms with Gasteiger partial charge in [-0.05, 0) is 25.0 Å². The van der Waals surface area contributed by atoms with Crippen LogP contribution in [0, 0.1) is 0 Å². The Kier molecular flexibility index (Phi) is 2.64. The molecule has 1 saturated carbocycles. The fraction of sp³-hybridized carbons (Fsp3) is 0.333. The number of benzene rings is 1. The van der Waals surface area contributed by atoms with Crippen LogP contribution in [-0.4, -0.2) is 17.8 Å². The number of sulfonamides is 1. The van der Waals surface area contributed by atoms with Gasteiger partial charge >= 0.3 is 0 Å². The maximum absolute atomic E-state index is 11.9. The molecule has 1 aromatic rings. The van der Waals surface area contributed by atoms with Crippen molar-refractivity contribution in [3.63, 3.8) is 0 Å². The lowest BCUT2D eigenvalue weighted by Gasteiger charge is -2.13. The van der Waals surface area contributed by atoms with Crippen molar-refractivity contribution in [2.24, 2.45) is 0 Å². The van der Waals surface area contributed by atoms with Crippen molar-refractivity contribution in [1.82, 2.24) is 3.33 Å². The van der Waals surface area contributed by atoms with E-state index in [2.05, 4.69) is 16.1 Å². The second kappa shape index (κ2) is 3.64. The summed E-state index contributed by atoms with van der Waals surface area (Å²) in [6.07, 6.45) is 1.88. The molecule has 0 saturated heterocycles. The Labute approximate surface area is 92.1 Å². The lowest BCUT2D eigenvalue weighted by molar-refractivity contribution is 0.544. The Hall–Kier alpha value is -0.390. The number of rotatable bonds is 3. The largest absolute Gasteiger partial charge is 0.252 e. The van der Waals surface area contributed by atoms with Gasteiger partial charge in [-0.2, -0.15) is 0 Å². The average molecular weight is 276 g/mol. The molecule has 3 nitrogen and oxygen atoms in total. The molecule has 0 aromatic heterocycles. The normalized spacial score (nSPS) is 17.3. The molecule has 0 spiro atoms. The minimum absolute atomic E-state index is 0.139. The van der Waals surface area contributed by atoms with Gasteiger partial charge in [0.05, 0.1) is 4.90 Å². The van der Waals surface area contributed by atoms with Crippen LogP contribution in [0.1, 0.15) is 12.8 Å². The molecule has 5 heteroatoms. The third-order valence-electron chi connectivity index (χ3n) is 2.10. The maximum Gasteiger partial charge on any atom is 0.252 e. The van der Waals surface area contributed by atoms with E-state index in [4.69, 9.17) is 0 Å². The Balaban J connectivity index is 2.32. The molecule has 0 unspecified atom stereocenters. The van der Waals surface area contributed by atoms with E-state index in [1.807, 2.05) is 0 Å². The molecule has 0 radical (unpaired) electrons. The zero-order chi connectivity index (χ0) is 10.2. The second-order valence-electron chi connectivity index (χ2n) is 3.29. The number of hydrogen-bond acceptors (Lipinski definition) is 2. The van der Waals surface area contributed by atoms with Crippen LogP contribution in [-0.2, 0) is 10.0 Å². The molecule has 0 amide bonds. The highest BCUT2D eigenvalue weighted by Gasteiger charge is 2.36. The van der Waals surface area contributed by atoms with Gasteiger partial charge in [-0.15, -0.1) is 3.33 Å². The van der Waals surface area contributed by atoms with E-state index in [-0.39, 0.29) is 6.04 Å². The van der Waals surface area contributed by atoms with Gasteiger partial charge in [-0.1, -0.05) is 18.2 Å². The van der Waals surface area contributed by atoms with Crippen molar-refractivity contribution in [1.29, 1.82) is 0 Å². The van der Waals surface area contributed by atoms with Gasteiger partial charge in [0.2, 0.25) is 0 Å². The summed E-state index contributed by atoms with van der Waals surface area (Å²) >= 11 is 3.11. The molecule has 1 fully saturated rings. The molecule has 14 heavy (non-hydrogen) atoms. The summed E-state index contributed by atoms with van der Waals surface area (Å²) < 4.78 is 25.1. The lowest BCUT2D eigenvalue weighted by Crippen LogP contribution is -2.23. The minimum atomic E-state index is -3.33. The summed E-state index contributed by atoms with van der Waals surface area (Å²) in [6, 6.07) is 8.59. The standard InChI is InChI=1S/C9H10BrNO2S/c10-11(8-6-7-8)14(12,13)9-4-2-1-3-5-9/h1-5,8H,6-7H2. The summed E-state index contributed by atoms with van der Waals surface area (Å²) in [4.78, 5) is 0.337. The van der Waals surface area contributed by atoms with Crippen LogP contribution >= 0.6 is 16.1 Å². The molecule has 2 rings (SSSR count). The molecule has 0 N–H and O–H groups in total. The first-order valence-corrected chi connectivity index (χ1v) is 6.52. The third-order valence-corrected chi connectivity index (χ3v) is 5.45. The van der Waals surface area contributed by atoms with Gasteiger partial charge in [0, 0.05) is 22.2 Å². The van der Waals surface area contributed by atoms with Gasteiger partial charge in [0.15, 0.2) is 0 Å². The molecule has 0 aliphatic heterocycles. The molecule has 1 aliphatic rings. The van der Waals surface area contributed by atoms with Gasteiger partial charge in [-0.3, -0.25) is 0 Å². The molecule has 0 bridgehead atoms. The van der Waals surface area contributed by atoms with Crippen molar-refractivity contribution in [2.75, 3.05) is 0 Å². The van der Waals surface area contributed by atoms with E-state index < -0.39 is 10.0 Å². The number of hydrogen-bond donors (Lipinski definition) is 0. The molecule has 0 atom stereocenters. The summed E-state index contributed by atoms with van der Waals surface area (Å²) in [7, 11) is -3.33. The zero-order valence-electron chi connectivity index (χ0n) is 7.43. The van der Waals surface area contributed by atoms with Crippen molar-refractivity contribution < 1.29 is 8.42 Å². The van der Waals surface area contributed by atoms with Crippen LogP contribution in [0.2, 0.25) is 0 Å². The first kappa shape index (κ1) is 10.1. The van der Waals surface area contributed by atoms with Crippen LogP contribution in [0.4, 0.5) is 0 Å². The van der Waals surface area contributed by atoms with Gasteiger partial charge in [-0.25, -0.2) is 8.42 Å². The van der Waals surface area contributed by atoms with E-state index in [9.17, 15) is 8.42 Å². The van der Waals surface area contributed by atoms with E-state index in [0.29, 0.717) is 4.90 Å². The molecule has 76 valence electrons. The second-order valence-corrected chi connectivity index (χ2v) is 6.34. The smallest absolute Gasteiger partial charge is 0.206 e. The van der Waals surface area contributed by atoms with Crippen molar-refractivity contribution in [2.45, 2.75) is 23.8 Å². The summed E-state index contributed by atoms with van der Waals surface area (Å²) in [6.45, 7) is 0. The summed E-state index contributed by atoms with van der Waals surface area (Å²) in [5, 5.41) is 0. The Morgan fingerprint density at radius 1 is 1.21 bits per heavy atom. The molecule has 0 heterocycles. The number of halogens is 1. The fourth-order valence-corrected chi connectivity index (χ4v) is 3.38. The first-order valence-electron chi connectivity index (χ1n) is 4.37. The van der Waals surface area contributed by atoms with Crippen LogP contribution in [0.15, 0.2) is 35.2 Å². The highest BCUT2D eigenvalue weighted by molar-refractivity contribution is 9.08. The van der Waals surface area contributed by atoms with Crippen molar-refractivity contribution in [3.05, 3.63) is 30.3 Å². The number of nitrogens with zero attached hydrogens (tertiary/aromatic N) is 1. The van der Waals surface area contributed by atoms with Gasteiger partial charge in [0.1, 0.15) is 0 Å². The van der Waals surface area contributed by atoms with Crippen molar-refractivity contribution in [3.8, 4) is 0 Å². The van der Waals surface area contributed by atoms with Crippen LogP contribution in [0.5, 0.6) is 0 Å². The SMILES string of the molecule is O=S(=O)(c1ccccc1)N(Br)C1CC1. The monoisotopic (exact) mass is 275 g/mol. The quantitative estimate of drug-likeness (QED) is 0.793. The molecule has 1 aliphatic carbocycles. The topological polar surface area (TPSA) is 37.4 Å². The van der Waals surface area contributed by atoms with Crippen molar-refractivity contribution >= 4 is 26.2 Å². The van der Waals surface area contributed by atoms with Crippen LogP contribution < -0.4 is 0 Å². The summed E-state index contributed by atoms with van der Waals surface area (Å²) in [5.41, 5.74) is 0. The Morgan fingerprint density at radius 3 is 2.29 bits per heavy atom. The minimum Gasteiger partial charge on any atom is -0.206 e. The van der Waals surface area contributed by atoms with E-state index in [1.54, 1.807) is 30.3 Å².